The number of likely N-dealkylation sites (N-methyl/N-ethyl adjacent to an activating group) is 1. The molecule has 33 heavy (non-hydrogen) atoms. The largest absolute Gasteiger partial charge is 0.345 e. The lowest BCUT2D eigenvalue weighted by Gasteiger charge is -2.32. The number of aromatic nitrogens is 5. The number of fused-ring (bicyclic) bond motifs is 2. The van der Waals surface area contributed by atoms with Gasteiger partial charge in [0.1, 0.15) is 0 Å². The topological polar surface area (TPSA) is 82.4 Å². The van der Waals surface area contributed by atoms with Gasteiger partial charge in [0.15, 0.2) is 5.65 Å². The fourth-order valence-electron chi connectivity index (χ4n) is 4.29. The Morgan fingerprint density at radius 2 is 1.70 bits per heavy atom. The van der Waals surface area contributed by atoms with Gasteiger partial charge in [0.05, 0.1) is 34.9 Å². The van der Waals surface area contributed by atoms with Gasteiger partial charge in [-0.1, -0.05) is 18.2 Å². The van der Waals surface area contributed by atoms with Gasteiger partial charge >= 0.3 is 0 Å². The van der Waals surface area contributed by atoms with Crippen molar-refractivity contribution in [2.45, 2.75) is 0 Å². The van der Waals surface area contributed by atoms with E-state index in [1.807, 2.05) is 64.1 Å². The van der Waals surface area contributed by atoms with Crippen molar-refractivity contribution >= 4 is 22.6 Å². The number of hydrogen-bond acceptors (Lipinski definition) is 5. The predicted octanol–water partition coefficient (Wildman–Crippen LogP) is 3.33. The van der Waals surface area contributed by atoms with Crippen molar-refractivity contribution in [3.63, 3.8) is 0 Å². The number of H-pyrrole nitrogens is 1. The fourth-order valence-corrected chi connectivity index (χ4v) is 4.29. The maximum atomic E-state index is 12.8. The normalized spacial score (nSPS) is 14.9. The number of rotatable bonds is 3. The van der Waals surface area contributed by atoms with E-state index in [-0.39, 0.29) is 5.91 Å². The number of amides is 1. The van der Waals surface area contributed by atoms with E-state index in [2.05, 4.69) is 33.0 Å². The van der Waals surface area contributed by atoms with E-state index in [4.69, 9.17) is 5.10 Å². The second-order valence-electron chi connectivity index (χ2n) is 8.44. The van der Waals surface area contributed by atoms with Gasteiger partial charge in [-0.25, -0.2) is 14.5 Å². The summed E-state index contributed by atoms with van der Waals surface area (Å²) in [5, 5.41) is 4.85. The minimum Gasteiger partial charge on any atom is -0.345 e. The molecule has 0 unspecified atom stereocenters. The van der Waals surface area contributed by atoms with Crippen LogP contribution in [0.2, 0.25) is 0 Å². The maximum Gasteiger partial charge on any atom is 0.253 e. The number of carbonyl (C=O) groups is 1. The quantitative estimate of drug-likeness (QED) is 0.468. The van der Waals surface area contributed by atoms with Crippen LogP contribution < -0.4 is 0 Å². The minimum atomic E-state index is 0.0872. The average Bonchev–Trinajstić information content (AvgIpc) is 3.50. The molecule has 1 fully saturated rings. The number of nitrogens with zero attached hydrogens (tertiary/aromatic N) is 6. The van der Waals surface area contributed by atoms with E-state index in [0.717, 1.165) is 65.4 Å². The molecule has 1 saturated heterocycles. The van der Waals surface area contributed by atoms with Crippen LogP contribution in [0.25, 0.3) is 39.2 Å². The molecule has 3 aromatic heterocycles. The Labute approximate surface area is 190 Å². The van der Waals surface area contributed by atoms with E-state index in [1.54, 1.807) is 6.33 Å². The van der Waals surface area contributed by atoms with Crippen molar-refractivity contribution in [1.29, 1.82) is 0 Å². The SMILES string of the molecule is CN1CCN(C(=O)c2ccc(-c3ccc4ncc(-c5ccc6nc[nH]c6c5)n4n3)cc2)CC1. The second kappa shape index (κ2) is 7.83. The zero-order chi connectivity index (χ0) is 22.4. The number of imidazole rings is 2. The highest BCUT2D eigenvalue weighted by molar-refractivity contribution is 5.94. The Morgan fingerprint density at radius 3 is 2.52 bits per heavy atom. The van der Waals surface area contributed by atoms with E-state index >= 15 is 0 Å². The first-order valence-electron chi connectivity index (χ1n) is 11.0. The van der Waals surface area contributed by atoms with Gasteiger partial charge in [-0.2, -0.15) is 5.10 Å². The molecule has 0 saturated carbocycles. The zero-order valence-electron chi connectivity index (χ0n) is 18.3. The third-order valence-electron chi connectivity index (χ3n) is 6.30. The molecule has 2 aromatic carbocycles. The number of hydrogen-bond donors (Lipinski definition) is 1. The molecule has 8 nitrogen and oxygen atoms in total. The molecule has 1 aliphatic rings. The Hall–Kier alpha value is -4.04. The molecule has 1 amide bonds. The van der Waals surface area contributed by atoms with E-state index in [9.17, 15) is 4.79 Å². The Kier molecular flexibility index (Phi) is 4.66. The zero-order valence-corrected chi connectivity index (χ0v) is 18.3. The molecule has 1 N–H and O–H groups in total. The lowest BCUT2D eigenvalue weighted by Crippen LogP contribution is -2.47. The summed E-state index contributed by atoms with van der Waals surface area (Å²) in [5.41, 5.74) is 7.08. The molecule has 4 heterocycles. The number of nitrogens with one attached hydrogen (secondary N) is 1. The molecule has 0 bridgehead atoms. The Balaban J connectivity index is 1.30. The molecule has 1 aliphatic heterocycles. The van der Waals surface area contributed by atoms with Gasteiger partial charge in [-0.3, -0.25) is 4.79 Å². The predicted molar refractivity (Wildman–Crippen MR) is 127 cm³/mol. The summed E-state index contributed by atoms with van der Waals surface area (Å²) < 4.78 is 1.86. The second-order valence-corrected chi connectivity index (χ2v) is 8.44. The van der Waals surface area contributed by atoms with Crippen LogP contribution in [0.4, 0.5) is 0 Å². The van der Waals surface area contributed by atoms with E-state index in [0.29, 0.717) is 5.56 Å². The highest BCUT2D eigenvalue weighted by Crippen LogP contribution is 2.25. The number of aromatic amines is 1. The third kappa shape index (κ3) is 3.54. The highest BCUT2D eigenvalue weighted by Gasteiger charge is 2.20. The van der Waals surface area contributed by atoms with Gasteiger partial charge < -0.3 is 14.8 Å². The monoisotopic (exact) mass is 437 g/mol. The molecule has 0 atom stereocenters. The van der Waals surface area contributed by atoms with Gasteiger partial charge in [-0.05, 0) is 43.4 Å². The summed E-state index contributed by atoms with van der Waals surface area (Å²) in [7, 11) is 2.09. The highest BCUT2D eigenvalue weighted by atomic mass is 16.2. The molecule has 6 rings (SSSR count). The lowest BCUT2D eigenvalue weighted by molar-refractivity contribution is 0.0664. The molecular formula is C25H23N7O. The first-order chi connectivity index (χ1) is 16.2. The van der Waals surface area contributed by atoms with Gasteiger partial charge in [-0.15, -0.1) is 0 Å². The Bertz CT molecular complexity index is 1460. The minimum absolute atomic E-state index is 0.0872. The first-order valence-corrected chi connectivity index (χ1v) is 11.0. The summed E-state index contributed by atoms with van der Waals surface area (Å²) in [6, 6.07) is 17.7. The molecule has 0 aliphatic carbocycles. The van der Waals surface area contributed by atoms with Crippen molar-refractivity contribution in [2.24, 2.45) is 0 Å². The molecule has 5 aromatic rings. The van der Waals surface area contributed by atoms with Crippen LogP contribution in [-0.2, 0) is 0 Å². The molecule has 8 heteroatoms. The lowest BCUT2D eigenvalue weighted by atomic mass is 10.1. The van der Waals surface area contributed by atoms with Crippen LogP contribution in [0.15, 0.2) is 67.1 Å². The summed E-state index contributed by atoms with van der Waals surface area (Å²) in [6.45, 7) is 3.36. The van der Waals surface area contributed by atoms with Crippen LogP contribution in [0.1, 0.15) is 10.4 Å². The van der Waals surface area contributed by atoms with Gasteiger partial charge in [0.2, 0.25) is 0 Å². The third-order valence-corrected chi connectivity index (χ3v) is 6.30. The van der Waals surface area contributed by atoms with Crippen LogP contribution in [0.5, 0.6) is 0 Å². The number of carbonyl (C=O) groups excluding carboxylic acids is 1. The summed E-state index contributed by atoms with van der Waals surface area (Å²) >= 11 is 0. The number of benzene rings is 2. The fraction of sp³-hybridized carbons (Fsp3) is 0.200. The van der Waals surface area contributed by atoms with Crippen molar-refractivity contribution in [3.05, 3.63) is 72.7 Å². The average molecular weight is 438 g/mol. The van der Waals surface area contributed by atoms with Crippen LogP contribution in [0.3, 0.4) is 0 Å². The summed E-state index contributed by atoms with van der Waals surface area (Å²) in [5.74, 6) is 0.0872. The first kappa shape index (κ1) is 19.6. The van der Waals surface area contributed by atoms with Crippen molar-refractivity contribution < 1.29 is 4.79 Å². The summed E-state index contributed by atoms with van der Waals surface area (Å²) in [4.78, 5) is 29.0. The molecular weight excluding hydrogens is 414 g/mol. The smallest absolute Gasteiger partial charge is 0.253 e. The summed E-state index contributed by atoms with van der Waals surface area (Å²) in [6.07, 6.45) is 3.53. The van der Waals surface area contributed by atoms with Crippen molar-refractivity contribution in [3.8, 4) is 22.5 Å². The van der Waals surface area contributed by atoms with Crippen molar-refractivity contribution in [2.75, 3.05) is 33.2 Å². The van der Waals surface area contributed by atoms with Crippen LogP contribution in [0, 0.1) is 0 Å². The van der Waals surface area contributed by atoms with Crippen LogP contribution in [-0.4, -0.2) is 73.5 Å². The molecule has 0 spiro atoms. The van der Waals surface area contributed by atoms with Gasteiger partial charge in [0.25, 0.3) is 5.91 Å². The van der Waals surface area contributed by atoms with E-state index in [1.165, 1.54) is 0 Å². The molecule has 0 radical (unpaired) electrons. The Morgan fingerprint density at radius 1 is 0.909 bits per heavy atom. The van der Waals surface area contributed by atoms with Gasteiger partial charge in [0, 0.05) is 42.9 Å². The maximum absolute atomic E-state index is 12.8. The number of piperazine rings is 1. The van der Waals surface area contributed by atoms with E-state index < -0.39 is 0 Å². The van der Waals surface area contributed by atoms with Crippen LogP contribution >= 0.6 is 0 Å². The molecule has 164 valence electrons. The standard InChI is InChI=1S/C25H23N7O/c1-30-10-12-31(13-11-30)25(33)18-4-2-17(3-5-18)20-8-9-24-26-15-23(32(24)29-20)19-6-7-21-22(14-19)28-16-27-21/h2-9,14-16H,10-13H2,1H3,(H,27,28). The van der Waals surface area contributed by atoms with Crippen molar-refractivity contribution in [1.82, 2.24) is 34.4 Å².